The Hall–Kier alpha value is -1.79. The van der Waals surface area contributed by atoms with E-state index in [1.807, 2.05) is 12.1 Å². The van der Waals surface area contributed by atoms with Gasteiger partial charge in [0, 0.05) is 23.1 Å². The van der Waals surface area contributed by atoms with Gasteiger partial charge in [0.25, 0.3) is 0 Å². The molecular formula is C21H24FN3OS. The summed E-state index contributed by atoms with van der Waals surface area (Å²) in [4.78, 5) is 18.7. The Kier molecular flexibility index (Phi) is 4.28. The summed E-state index contributed by atoms with van der Waals surface area (Å²) < 4.78 is 13.2. The number of benzene rings is 1. The third kappa shape index (κ3) is 3.52. The Morgan fingerprint density at radius 2 is 2.00 bits per heavy atom. The van der Waals surface area contributed by atoms with Crippen LogP contribution in [0.4, 0.5) is 9.52 Å². The van der Waals surface area contributed by atoms with Crippen molar-refractivity contribution in [3.05, 3.63) is 46.2 Å². The molecule has 1 spiro atoms. The Balaban J connectivity index is 1.30. The molecule has 1 aliphatic heterocycles. The molecule has 5 rings (SSSR count). The highest BCUT2D eigenvalue weighted by Crippen LogP contribution is 2.59. The van der Waals surface area contributed by atoms with E-state index in [9.17, 15) is 9.18 Å². The molecule has 2 aliphatic carbocycles. The van der Waals surface area contributed by atoms with Crippen LogP contribution in [-0.4, -0.2) is 24.0 Å². The first-order valence-electron chi connectivity index (χ1n) is 9.89. The lowest BCUT2D eigenvalue weighted by atomic mass is 9.92. The fraction of sp³-hybridized carbons (Fsp3) is 0.524. The van der Waals surface area contributed by atoms with E-state index in [4.69, 9.17) is 4.98 Å². The number of amides is 1. The molecule has 142 valence electrons. The number of carbonyl (C=O) groups is 1. The molecule has 1 aromatic carbocycles. The summed E-state index contributed by atoms with van der Waals surface area (Å²) >= 11 is 1.59. The molecule has 2 saturated carbocycles. The lowest BCUT2D eigenvalue weighted by Gasteiger charge is -2.22. The summed E-state index contributed by atoms with van der Waals surface area (Å²) in [7, 11) is 0. The van der Waals surface area contributed by atoms with E-state index in [-0.39, 0.29) is 23.1 Å². The molecule has 2 heterocycles. The minimum absolute atomic E-state index is 0.140. The van der Waals surface area contributed by atoms with E-state index in [0.29, 0.717) is 5.92 Å². The number of hydrogen-bond donors (Lipinski definition) is 2. The third-order valence-corrected chi connectivity index (χ3v) is 7.29. The first-order valence-corrected chi connectivity index (χ1v) is 10.7. The van der Waals surface area contributed by atoms with Crippen molar-refractivity contribution in [2.24, 2.45) is 11.3 Å². The zero-order chi connectivity index (χ0) is 18.4. The minimum atomic E-state index is -0.213. The molecule has 1 aromatic heterocycles. The van der Waals surface area contributed by atoms with Crippen molar-refractivity contribution >= 4 is 22.4 Å². The van der Waals surface area contributed by atoms with Gasteiger partial charge in [-0.15, -0.1) is 11.3 Å². The zero-order valence-electron chi connectivity index (χ0n) is 15.3. The number of rotatable bonds is 5. The number of halogens is 1. The topological polar surface area (TPSA) is 54.0 Å². The van der Waals surface area contributed by atoms with Crippen LogP contribution in [0.1, 0.15) is 54.2 Å². The molecule has 1 atom stereocenters. The molecular weight excluding hydrogens is 361 g/mol. The van der Waals surface area contributed by atoms with Crippen LogP contribution in [-0.2, 0) is 11.2 Å². The number of carbonyl (C=O) groups excluding carboxylic acids is 1. The highest BCUT2D eigenvalue weighted by atomic mass is 32.1. The highest BCUT2D eigenvalue weighted by molar-refractivity contribution is 7.15. The Morgan fingerprint density at radius 3 is 2.70 bits per heavy atom. The number of aromatic nitrogens is 1. The predicted octanol–water partition coefficient (Wildman–Crippen LogP) is 4.08. The van der Waals surface area contributed by atoms with Crippen molar-refractivity contribution in [2.75, 3.05) is 18.4 Å². The van der Waals surface area contributed by atoms with Crippen LogP contribution < -0.4 is 10.6 Å². The predicted molar refractivity (Wildman–Crippen MR) is 105 cm³/mol. The summed E-state index contributed by atoms with van der Waals surface area (Å²) in [5, 5.41) is 7.21. The van der Waals surface area contributed by atoms with Crippen LogP contribution in [0.2, 0.25) is 0 Å². The molecule has 3 aliphatic rings. The van der Waals surface area contributed by atoms with Crippen molar-refractivity contribution in [1.29, 1.82) is 0 Å². The summed E-state index contributed by atoms with van der Waals surface area (Å²) in [5.41, 5.74) is 2.45. The molecule has 1 saturated heterocycles. The van der Waals surface area contributed by atoms with Crippen molar-refractivity contribution in [3.8, 4) is 0 Å². The van der Waals surface area contributed by atoms with Gasteiger partial charge in [-0.2, -0.15) is 0 Å². The molecule has 27 heavy (non-hydrogen) atoms. The van der Waals surface area contributed by atoms with E-state index in [1.54, 1.807) is 11.3 Å². The lowest BCUT2D eigenvalue weighted by Crippen LogP contribution is -2.31. The van der Waals surface area contributed by atoms with Crippen LogP contribution >= 0.6 is 11.3 Å². The van der Waals surface area contributed by atoms with Gasteiger partial charge in [-0.1, -0.05) is 12.1 Å². The fourth-order valence-corrected chi connectivity index (χ4v) is 5.48. The van der Waals surface area contributed by atoms with Gasteiger partial charge in [0.1, 0.15) is 5.82 Å². The second-order valence-corrected chi connectivity index (χ2v) is 9.35. The Bertz CT molecular complexity index is 853. The molecule has 0 bridgehead atoms. The monoisotopic (exact) mass is 385 g/mol. The van der Waals surface area contributed by atoms with E-state index >= 15 is 0 Å². The molecule has 3 fully saturated rings. The second kappa shape index (κ2) is 6.67. The second-order valence-electron chi connectivity index (χ2n) is 8.26. The SMILES string of the molecule is O=C(Nc1nc(C2CC2)c(Cc2ccc(F)cc2)s1)C1CC12CCNCC2. The molecule has 2 aromatic rings. The Morgan fingerprint density at radius 1 is 1.26 bits per heavy atom. The minimum Gasteiger partial charge on any atom is -0.317 e. The first kappa shape index (κ1) is 17.3. The average molecular weight is 386 g/mol. The van der Waals surface area contributed by atoms with Gasteiger partial charge < -0.3 is 10.6 Å². The quantitative estimate of drug-likeness (QED) is 0.815. The zero-order valence-corrected chi connectivity index (χ0v) is 16.1. The van der Waals surface area contributed by atoms with Crippen LogP contribution in [0.3, 0.4) is 0 Å². The number of nitrogens with one attached hydrogen (secondary N) is 2. The molecule has 4 nitrogen and oxygen atoms in total. The maximum atomic E-state index is 13.2. The molecule has 2 N–H and O–H groups in total. The van der Waals surface area contributed by atoms with Crippen molar-refractivity contribution in [1.82, 2.24) is 10.3 Å². The van der Waals surface area contributed by atoms with E-state index in [2.05, 4.69) is 10.6 Å². The van der Waals surface area contributed by atoms with Gasteiger partial charge in [-0.3, -0.25) is 4.79 Å². The number of piperidine rings is 1. The van der Waals surface area contributed by atoms with Gasteiger partial charge in [-0.05, 0) is 68.3 Å². The fourth-order valence-electron chi connectivity index (χ4n) is 4.40. The largest absolute Gasteiger partial charge is 0.317 e. The van der Waals surface area contributed by atoms with E-state index in [0.717, 1.165) is 55.2 Å². The van der Waals surface area contributed by atoms with Gasteiger partial charge >= 0.3 is 0 Å². The normalized spacial score (nSPS) is 23.4. The number of nitrogens with zero attached hydrogens (tertiary/aromatic N) is 1. The smallest absolute Gasteiger partial charge is 0.229 e. The van der Waals surface area contributed by atoms with E-state index < -0.39 is 0 Å². The standard InChI is InChI=1S/C21H24FN3OS/c22-15-5-1-13(2-6-15)11-17-18(14-3-4-14)24-20(27-17)25-19(26)16-12-21(16)7-9-23-10-8-21/h1-2,5-6,14,16,23H,3-4,7-12H2,(H,24,25,26). The summed E-state index contributed by atoms with van der Waals surface area (Å²) in [6.07, 6.45) is 6.32. The van der Waals surface area contributed by atoms with Gasteiger partial charge in [0.2, 0.25) is 5.91 Å². The summed E-state index contributed by atoms with van der Waals surface area (Å²) in [5.74, 6) is 0.600. The highest BCUT2D eigenvalue weighted by Gasteiger charge is 2.57. The van der Waals surface area contributed by atoms with E-state index in [1.165, 1.54) is 29.9 Å². The van der Waals surface area contributed by atoms with Crippen molar-refractivity contribution in [3.63, 3.8) is 0 Å². The van der Waals surface area contributed by atoms with Crippen LogP contribution in [0.15, 0.2) is 24.3 Å². The van der Waals surface area contributed by atoms with Crippen molar-refractivity contribution < 1.29 is 9.18 Å². The van der Waals surface area contributed by atoms with Crippen molar-refractivity contribution in [2.45, 2.75) is 44.4 Å². The van der Waals surface area contributed by atoms with Gasteiger partial charge in [0.05, 0.1) is 5.69 Å². The van der Waals surface area contributed by atoms with Crippen LogP contribution in [0, 0.1) is 17.2 Å². The summed E-state index contributed by atoms with van der Waals surface area (Å²) in [6, 6.07) is 6.66. The van der Waals surface area contributed by atoms with Gasteiger partial charge in [0.15, 0.2) is 5.13 Å². The number of thiazole rings is 1. The molecule has 1 amide bonds. The number of hydrogen-bond acceptors (Lipinski definition) is 4. The molecule has 1 unspecified atom stereocenters. The van der Waals surface area contributed by atoms with Crippen LogP contribution in [0.5, 0.6) is 0 Å². The maximum Gasteiger partial charge on any atom is 0.229 e. The van der Waals surface area contributed by atoms with Crippen LogP contribution in [0.25, 0.3) is 0 Å². The number of anilines is 1. The molecule has 0 radical (unpaired) electrons. The lowest BCUT2D eigenvalue weighted by molar-refractivity contribution is -0.118. The third-order valence-electron chi connectivity index (χ3n) is 6.31. The average Bonchev–Trinajstić information content (AvgIpc) is 3.58. The first-order chi connectivity index (χ1) is 13.1. The Labute approximate surface area is 162 Å². The maximum absolute atomic E-state index is 13.2. The van der Waals surface area contributed by atoms with Gasteiger partial charge in [-0.25, -0.2) is 9.37 Å². The molecule has 6 heteroatoms. The summed E-state index contributed by atoms with van der Waals surface area (Å²) in [6.45, 7) is 2.04.